The highest BCUT2D eigenvalue weighted by Gasteiger charge is 2.24. The molecule has 0 aromatic heterocycles. The van der Waals surface area contributed by atoms with Gasteiger partial charge in [-0.05, 0) is 6.92 Å². The van der Waals surface area contributed by atoms with Crippen LogP contribution in [0, 0.1) is 0 Å². The van der Waals surface area contributed by atoms with E-state index in [9.17, 15) is 19.5 Å². The lowest BCUT2D eigenvalue weighted by Gasteiger charge is -2.12. The number of aliphatic hydroxyl groups excluding tert-OH is 1. The Hall–Kier alpha value is -1.72. The standard InChI is InChI=1S/C12H11ClO5/c1-6(13)10(15)7-3-2-4-8(9(7)5-14)11(16)12(17)18/h2-6,11,16H,1H3,(H,17,18). The summed E-state index contributed by atoms with van der Waals surface area (Å²) in [6.07, 6.45) is -1.52. The largest absolute Gasteiger partial charge is 0.479 e. The fourth-order valence-electron chi connectivity index (χ4n) is 1.52. The lowest BCUT2D eigenvalue weighted by molar-refractivity contribution is -0.146. The van der Waals surface area contributed by atoms with Gasteiger partial charge >= 0.3 is 5.97 Å². The van der Waals surface area contributed by atoms with Gasteiger partial charge in [-0.1, -0.05) is 18.2 Å². The highest BCUT2D eigenvalue weighted by Crippen LogP contribution is 2.22. The number of aliphatic carboxylic acids is 1. The van der Waals surface area contributed by atoms with Crippen molar-refractivity contribution in [2.24, 2.45) is 0 Å². The number of carboxylic acids is 1. The number of aldehydes is 1. The number of aliphatic hydroxyl groups is 1. The minimum atomic E-state index is -1.86. The number of halogens is 1. The van der Waals surface area contributed by atoms with Gasteiger partial charge < -0.3 is 10.2 Å². The Kier molecular flexibility index (Phi) is 4.58. The van der Waals surface area contributed by atoms with E-state index in [0.29, 0.717) is 6.29 Å². The van der Waals surface area contributed by atoms with Crippen LogP contribution >= 0.6 is 11.6 Å². The van der Waals surface area contributed by atoms with Gasteiger partial charge in [0.05, 0.1) is 5.38 Å². The number of alkyl halides is 1. The van der Waals surface area contributed by atoms with Gasteiger partial charge in [0.1, 0.15) is 0 Å². The number of benzene rings is 1. The molecule has 0 saturated heterocycles. The number of carbonyl (C=O) groups excluding carboxylic acids is 2. The van der Waals surface area contributed by atoms with Crippen molar-refractivity contribution < 1.29 is 24.6 Å². The van der Waals surface area contributed by atoms with Crippen LogP contribution in [0.1, 0.15) is 39.3 Å². The van der Waals surface area contributed by atoms with Gasteiger partial charge in [0.15, 0.2) is 18.2 Å². The van der Waals surface area contributed by atoms with E-state index < -0.39 is 23.2 Å². The molecule has 0 spiro atoms. The van der Waals surface area contributed by atoms with Crippen LogP contribution in [0.15, 0.2) is 18.2 Å². The highest BCUT2D eigenvalue weighted by molar-refractivity contribution is 6.34. The second-order valence-corrected chi connectivity index (χ2v) is 4.30. The second kappa shape index (κ2) is 5.75. The zero-order valence-corrected chi connectivity index (χ0v) is 10.2. The third-order valence-electron chi connectivity index (χ3n) is 2.41. The van der Waals surface area contributed by atoms with Gasteiger partial charge in [-0.15, -0.1) is 11.6 Å². The smallest absolute Gasteiger partial charge is 0.337 e. The molecule has 0 fully saturated rings. The lowest BCUT2D eigenvalue weighted by atomic mass is 9.95. The van der Waals surface area contributed by atoms with Crippen LogP contribution in [0.2, 0.25) is 0 Å². The predicted molar refractivity (Wildman–Crippen MR) is 64.1 cm³/mol. The third-order valence-corrected chi connectivity index (χ3v) is 2.61. The fraction of sp³-hybridized carbons (Fsp3) is 0.250. The molecule has 2 atom stereocenters. The summed E-state index contributed by atoms with van der Waals surface area (Å²) < 4.78 is 0. The minimum Gasteiger partial charge on any atom is -0.479 e. The maximum Gasteiger partial charge on any atom is 0.337 e. The molecule has 1 aromatic carbocycles. The first-order valence-corrected chi connectivity index (χ1v) is 5.51. The number of carboxylic acid groups (broad SMARTS) is 1. The quantitative estimate of drug-likeness (QED) is 0.480. The summed E-state index contributed by atoms with van der Waals surface area (Å²) in [6, 6.07) is 4.03. The highest BCUT2D eigenvalue weighted by atomic mass is 35.5. The first kappa shape index (κ1) is 14.3. The van der Waals surface area contributed by atoms with Gasteiger partial charge in [-0.25, -0.2) is 4.79 Å². The number of hydrogen-bond donors (Lipinski definition) is 2. The van der Waals surface area contributed by atoms with Crippen molar-refractivity contribution in [3.05, 3.63) is 34.9 Å². The monoisotopic (exact) mass is 270 g/mol. The number of Topliss-reactive ketones (excluding diaryl/α,β-unsaturated/α-hetero) is 1. The lowest BCUT2D eigenvalue weighted by Crippen LogP contribution is -2.18. The molecule has 96 valence electrons. The van der Waals surface area contributed by atoms with Gasteiger partial charge in [-0.2, -0.15) is 0 Å². The molecular formula is C12H11ClO5. The van der Waals surface area contributed by atoms with Crippen LogP contribution in [-0.2, 0) is 4.79 Å². The molecule has 0 heterocycles. The van der Waals surface area contributed by atoms with E-state index in [2.05, 4.69) is 0 Å². The zero-order chi connectivity index (χ0) is 13.9. The van der Waals surface area contributed by atoms with E-state index in [1.54, 1.807) is 0 Å². The maximum atomic E-state index is 11.7. The van der Waals surface area contributed by atoms with Crippen molar-refractivity contribution in [2.45, 2.75) is 18.4 Å². The average Bonchev–Trinajstić information content (AvgIpc) is 2.35. The van der Waals surface area contributed by atoms with Crippen LogP contribution in [0.3, 0.4) is 0 Å². The molecule has 0 aliphatic carbocycles. The summed E-state index contributed by atoms with van der Waals surface area (Å²) >= 11 is 5.64. The van der Waals surface area contributed by atoms with E-state index in [1.165, 1.54) is 25.1 Å². The van der Waals surface area contributed by atoms with Crippen LogP contribution in [0.5, 0.6) is 0 Å². The number of rotatable bonds is 5. The molecule has 2 N–H and O–H groups in total. The fourth-order valence-corrected chi connectivity index (χ4v) is 1.63. The van der Waals surface area contributed by atoms with Gasteiger partial charge in [0, 0.05) is 16.7 Å². The van der Waals surface area contributed by atoms with Crippen LogP contribution in [-0.4, -0.2) is 33.6 Å². The molecular weight excluding hydrogens is 260 g/mol. The van der Waals surface area contributed by atoms with Crippen LogP contribution in [0.4, 0.5) is 0 Å². The molecule has 1 rings (SSSR count). The molecule has 1 aromatic rings. The van der Waals surface area contributed by atoms with E-state index in [4.69, 9.17) is 16.7 Å². The zero-order valence-electron chi connectivity index (χ0n) is 9.46. The van der Waals surface area contributed by atoms with Crippen molar-refractivity contribution in [2.75, 3.05) is 0 Å². The molecule has 0 aliphatic heterocycles. The molecule has 6 heteroatoms. The molecule has 18 heavy (non-hydrogen) atoms. The molecule has 0 radical (unpaired) electrons. The third kappa shape index (κ3) is 2.75. The SMILES string of the molecule is CC(Cl)C(=O)c1cccc(C(O)C(=O)O)c1C=O. The number of carbonyl (C=O) groups is 3. The van der Waals surface area contributed by atoms with Crippen LogP contribution in [0.25, 0.3) is 0 Å². The van der Waals surface area contributed by atoms with Crippen molar-refractivity contribution >= 4 is 29.6 Å². The predicted octanol–water partition coefficient (Wildman–Crippen LogP) is 1.43. The van der Waals surface area contributed by atoms with Gasteiger partial charge in [0.25, 0.3) is 0 Å². The Morgan fingerprint density at radius 3 is 2.44 bits per heavy atom. The number of ketones is 1. The van der Waals surface area contributed by atoms with E-state index >= 15 is 0 Å². The second-order valence-electron chi connectivity index (χ2n) is 3.65. The first-order valence-electron chi connectivity index (χ1n) is 5.07. The molecule has 0 aliphatic rings. The normalized spacial score (nSPS) is 13.7. The Morgan fingerprint density at radius 2 is 2.00 bits per heavy atom. The molecule has 0 amide bonds. The van der Waals surface area contributed by atoms with Gasteiger partial charge in [0.2, 0.25) is 0 Å². The Morgan fingerprint density at radius 1 is 1.39 bits per heavy atom. The minimum absolute atomic E-state index is 0.00491. The molecule has 2 unspecified atom stereocenters. The average molecular weight is 271 g/mol. The summed E-state index contributed by atoms with van der Waals surface area (Å²) in [4.78, 5) is 33.5. The van der Waals surface area contributed by atoms with Crippen molar-refractivity contribution in [1.82, 2.24) is 0 Å². The molecule has 0 saturated carbocycles. The van der Waals surface area contributed by atoms with Crippen LogP contribution < -0.4 is 0 Å². The van der Waals surface area contributed by atoms with Gasteiger partial charge in [-0.3, -0.25) is 9.59 Å². The van der Waals surface area contributed by atoms with E-state index in [-0.39, 0.29) is 16.7 Å². The summed E-state index contributed by atoms with van der Waals surface area (Å²) in [6.45, 7) is 1.44. The summed E-state index contributed by atoms with van der Waals surface area (Å²) in [7, 11) is 0. The van der Waals surface area contributed by atoms with E-state index in [1.807, 2.05) is 0 Å². The molecule has 5 nitrogen and oxygen atoms in total. The Balaban J connectivity index is 3.39. The summed E-state index contributed by atoms with van der Waals surface area (Å²) in [5, 5.41) is 17.3. The van der Waals surface area contributed by atoms with E-state index in [0.717, 1.165) is 0 Å². The van der Waals surface area contributed by atoms with Crippen molar-refractivity contribution in [1.29, 1.82) is 0 Å². The number of hydrogen-bond acceptors (Lipinski definition) is 4. The van der Waals surface area contributed by atoms with Crippen molar-refractivity contribution in [3.63, 3.8) is 0 Å². The molecule has 0 bridgehead atoms. The van der Waals surface area contributed by atoms with Crippen molar-refractivity contribution in [3.8, 4) is 0 Å². The topological polar surface area (TPSA) is 91.7 Å². The Bertz CT molecular complexity index is 495. The maximum absolute atomic E-state index is 11.7. The first-order chi connectivity index (χ1) is 8.40. The Labute approximate surface area is 108 Å². The summed E-state index contributed by atoms with van der Waals surface area (Å²) in [5.41, 5.74) is -0.268. The summed E-state index contributed by atoms with van der Waals surface area (Å²) in [5.74, 6) is -2.00.